The summed E-state index contributed by atoms with van der Waals surface area (Å²) < 4.78 is 0. The van der Waals surface area contributed by atoms with E-state index in [0.29, 0.717) is 12.5 Å². The molecule has 1 heterocycles. The second kappa shape index (κ2) is 4.56. The first-order valence-corrected chi connectivity index (χ1v) is 6.00. The third-order valence-electron chi connectivity index (χ3n) is 3.51. The highest BCUT2D eigenvalue weighted by Crippen LogP contribution is 2.23. The van der Waals surface area contributed by atoms with E-state index in [9.17, 15) is 0 Å². The summed E-state index contributed by atoms with van der Waals surface area (Å²) in [5.74, 6) is 0.506. The number of aliphatic hydroxyl groups is 1. The number of hydrogen-bond acceptors (Lipinski definition) is 2. The number of likely N-dealkylation sites (tertiary alicyclic amines) is 1. The molecule has 0 bridgehead atoms. The minimum Gasteiger partial charge on any atom is -0.396 e. The maximum Gasteiger partial charge on any atom is 0.0483 e. The number of hydrogen-bond donors (Lipinski definition) is 1. The van der Waals surface area contributed by atoms with Gasteiger partial charge in [-0.25, -0.2) is 0 Å². The number of nitrogens with zero attached hydrogens (tertiary/aromatic N) is 1. The van der Waals surface area contributed by atoms with Gasteiger partial charge in [-0.15, -0.1) is 0 Å². The van der Waals surface area contributed by atoms with E-state index in [0.717, 1.165) is 19.6 Å². The molecule has 1 aromatic carbocycles. The average Bonchev–Trinajstić information content (AvgIpc) is 2.13. The second-order valence-electron chi connectivity index (χ2n) is 5.12. The Bertz CT molecular complexity index is 357. The van der Waals surface area contributed by atoms with Crippen LogP contribution in [0.3, 0.4) is 0 Å². The molecular formula is C14H21NO. The van der Waals surface area contributed by atoms with Gasteiger partial charge in [0.05, 0.1) is 0 Å². The molecule has 0 spiro atoms. The normalized spacial score (nSPS) is 17.5. The van der Waals surface area contributed by atoms with Crippen molar-refractivity contribution in [1.82, 2.24) is 4.90 Å². The highest BCUT2D eigenvalue weighted by molar-refractivity contribution is 5.37. The number of aryl methyl sites for hydroxylation is 3. The molecule has 1 fully saturated rings. The molecule has 1 saturated heterocycles. The first kappa shape index (κ1) is 11.6. The zero-order chi connectivity index (χ0) is 11.7. The summed E-state index contributed by atoms with van der Waals surface area (Å²) in [4.78, 5) is 2.41. The molecule has 0 aliphatic carbocycles. The summed E-state index contributed by atoms with van der Waals surface area (Å²) >= 11 is 0. The standard InChI is InChI=1S/C14H21NO/c1-10-4-11(2)14(12(3)5-10)8-15-6-13(7-15)9-16/h4-5,13,16H,6-9H2,1-3H3. The molecule has 0 radical (unpaired) electrons. The van der Waals surface area contributed by atoms with Crippen LogP contribution in [0.25, 0.3) is 0 Å². The number of aliphatic hydroxyl groups excluding tert-OH is 1. The van der Waals surface area contributed by atoms with Crippen molar-refractivity contribution in [3.8, 4) is 0 Å². The van der Waals surface area contributed by atoms with Gasteiger partial charge in [0.15, 0.2) is 0 Å². The van der Waals surface area contributed by atoms with Gasteiger partial charge >= 0.3 is 0 Å². The van der Waals surface area contributed by atoms with Crippen molar-refractivity contribution >= 4 is 0 Å². The van der Waals surface area contributed by atoms with Crippen LogP contribution >= 0.6 is 0 Å². The Balaban J connectivity index is 2.05. The number of rotatable bonds is 3. The van der Waals surface area contributed by atoms with Crippen LogP contribution in [0.5, 0.6) is 0 Å². The lowest BCUT2D eigenvalue weighted by atomic mass is 9.96. The lowest BCUT2D eigenvalue weighted by Crippen LogP contribution is -2.47. The Hall–Kier alpha value is -0.860. The SMILES string of the molecule is Cc1cc(C)c(CN2CC(CO)C2)c(C)c1. The summed E-state index contributed by atoms with van der Waals surface area (Å²) in [7, 11) is 0. The smallest absolute Gasteiger partial charge is 0.0483 e. The molecule has 1 aliphatic rings. The van der Waals surface area contributed by atoms with Crippen molar-refractivity contribution in [3.05, 3.63) is 34.4 Å². The van der Waals surface area contributed by atoms with Gasteiger partial charge in [-0.3, -0.25) is 4.90 Å². The highest BCUT2D eigenvalue weighted by Gasteiger charge is 2.26. The van der Waals surface area contributed by atoms with Crippen LogP contribution in [-0.4, -0.2) is 29.7 Å². The van der Waals surface area contributed by atoms with Crippen LogP contribution in [-0.2, 0) is 6.54 Å². The van der Waals surface area contributed by atoms with E-state index in [2.05, 4.69) is 37.8 Å². The molecule has 0 unspecified atom stereocenters. The van der Waals surface area contributed by atoms with Crippen molar-refractivity contribution < 1.29 is 5.11 Å². The Labute approximate surface area is 97.9 Å². The zero-order valence-corrected chi connectivity index (χ0v) is 10.5. The molecule has 0 amide bonds. The predicted molar refractivity (Wildman–Crippen MR) is 66.5 cm³/mol. The lowest BCUT2D eigenvalue weighted by molar-refractivity contribution is 0.0476. The molecule has 2 rings (SSSR count). The maximum atomic E-state index is 8.99. The molecule has 1 N–H and O–H groups in total. The average molecular weight is 219 g/mol. The fraction of sp³-hybridized carbons (Fsp3) is 0.571. The van der Waals surface area contributed by atoms with E-state index in [1.165, 1.54) is 22.3 Å². The van der Waals surface area contributed by atoms with Crippen LogP contribution in [0.1, 0.15) is 22.3 Å². The summed E-state index contributed by atoms with van der Waals surface area (Å²) in [6.07, 6.45) is 0. The Morgan fingerprint density at radius 3 is 2.25 bits per heavy atom. The fourth-order valence-corrected chi connectivity index (χ4v) is 2.60. The minimum absolute atomic E-state index is 0.336. The molecule has 16 heavy (non-hydrogen) atoms. The third-order valence-corrected chi connectivity index (χ3v) is 3.51. The van der Waals surface area contributed by atoms with E-state index in [4.69, 9.17) is 5.11 Å². The van der Waals surface area contributed by atoms with Gasteiger partial charge in [-0.2, -0.15) is 0 Å². The van der Waals surface area contributed by atoms with Crippen LogP contribution < -0.4 is 0 Å². The second-order valence-corrected chi connectivity index (χ2v) is 5.12. The van der Waals surface area contributed by atoms with Crippen molar-refractivity contribution in [2.75, 3.05) is 19.7 Å². The van der Waals surface area contributed by atoms with Crippen molar-refractivity contribution in [3.63, 3.8) is 0 Å². The van der Waals surface area contributed by atoms with Gasteiger partial charge in [-0.1, -0.05) is 17.7 Å². The van der Waals surface area contributed by atoms with Crippen molar-refractivity contribution in [2.45, 2.75) is 27.3 Å². The summed E-state index contributed by atoms with van der Waals surface area (Å²) in [5.41, 5.74) is 5.59. The summed E-state index contributed by atoms with van der Waals surface area (Å²) in [5, 5.41) is 8.99. The highest BCUT2D eigenvalue weighted by atomic mass is 16.3. The molecule has 0 saturated carbocycles. The fourth-order valence-electron chi connectivity index (χ4n) is 2.60. The summed E-state index contributed by atoms with van der Waals surface area (Å²) in [6.45, 7) is 10.00. The molecule has 88 valence electrons. The van der Waals surface area contributed by atoms with Gasteiger partial charge in [-0.05, 0) is 37.5 Å². The van der Waals surface area contributed by atoms with Crippen LogP contribution in [0.2, 0.25) is 0 Å². The molecule has 0 atom stereocenters. The summed E-state index contributed by atoms with van der Waals surface area (Å²) in [6, 6.07) is 4.51. The maximum absolute atomic E-state index is 8.99. The molecule has 0 aromatic heterocycles. The Morgan fingerprint density at radius 1 is 1.19 bits per heavy atom. The first-order chi connectivity index (χ1) is 7.60. The van der Waals surface area contributed by atoms with E-state index in [1.807, 2.05) is 0 Å². The van der Waals surface area contributed by atoms with E-state index in [1.54, 1.807) is 0 Å². The van der Waals surface area contributed by atoms with Crippen LogP contribution in [0.4, 0.5) is 0 Å². The van der Waals surface area contributed by atoms with Crippen LogP contribution in [0, 0.1) is 26.7 Å². The molecule has 2 heteroatoms. The number of benzene rings is 1. The lowest BCUT2D eigenvalue weighted by Gasteiger charge is -2.38. The quantitative estimate of drug-likeness (QED) is 0.841. The van der Waals surface area contributed by atoms with Gasteiger partial charge < -0.3 is 5.11 Å². The van der Waals surface area contributed by atoms with Gasteiger partial charge in [0, 0.05) is 32.2 Å². The minimum atomic E-state index is 0.336. The van der Waals surface area contributed by atoms with Gasteiger partial charge in [0.25, 0.3) is 0 Å². The molecule has 1 aromatic rings. The third kappa shape index (κ3) is 2.28. The van der Waals surface area contributed by atoms with E-state index in [-0.39, 0.29) is 0 Å². The van der Waals surface area contributed by atoms with Crippen molar-refractivity contribution in [2.24, 2.45) is 5.92 Å². The first-order valence-electron chi connectivity index (χ1n) is 6.00. The van der Waals surface area contributed by atoms with Crippen molar-refractivity contribution in [1.29, 1.82) is 0 Å². The topological polar surface area (TPSA) is 23.5 Å². The van der Waals surface area contributed by atoms with E-state index >= 15 is 0 Å². The Morgan fingerprint density at radius 2 is 1.75 bits per heavy atom. The monoisotopic (exact) mass is 219 g/mol. The molecule has 1 aliphatic heterocycles. The zero-order valence-electron chi connectivity index (χ0n) is 10.5. The predicted octanol–water partition coefficient (Wildman–Crippen LogP) is 2.04. The molecular weight excluding hydrogens is 198 g/mol. The largest absolute Gasteiger partial charge is 0.396 e. The Kier molecular flexibility index (Phi) is 3.31. The molecule has 2 nitrogen and oxygen atoms in total. The van der Waals surface area contributed by atoms with Crippen LogP contribution in [0.15, 0.2) is 12.1 Å². The van der Waals surface area contributed by atoms with Gasteiger partial charge in [0.1, 0.15) is 0 Å². The van der Waals surface area contributed by atoms with E-state index < -0.39 is 0 Å². The van der Waals surface area contributed by atoms with Gasteiger partial charge in [0.2, 0.25) is 0 Å².